The van der Waals surface area contributed by atoms with Gasteiger partial charge in [-0.2, -0.15) is 0 Å². The van der Waals surface area contributed by atoms with Crippen LogP contribution in [0.1, 0.15) is 32.3 Å². The summed E-state index contributed by atoms with van der Waals surface area (Å²) >= 11 is 0. The lowest BCUT2D eigenvalue weighted by atomic mass is 10.0. The van der Waals surface area contributed by atoms with E-state index in [-0.39, 0.29) is 0 Å². The van der Waals surface area contributed by atoms with Crippen LogP contribution in [0.2, 0.25) is 0 Å². The fraction of sp³-hybridized carbons (Fsp3) is 0.267. The molecule has 0 atom stereocenters. The Morgan fingerprint density at radius 1 is 1.19 bits per heavy atom. The SMILES string of the molecule is C/C(=C/CC/C(C)=C/C=O)c1ccccc1. The second kappa shape index (κ2) is 6.78. The monoisotopic (exact) mass is 214 g/mol. The third kappa shape index (κ3) is 4.26. The summed E-state index contributed by atoms with van der Waals surface area (Å²) in [6, 6.07) is 10.3. The Bertz CT molecular complexity index is 385. The molecule has 1 aromatic rings. The van der Waals surface area contributed by atoms with Crippen LogP contribution in [-0.4, -0.2) is 6.29 Å². The Labute approximate surface area is 97.5 Å². The fourth-order valence-corrected chi connectivity index (χ4v) is 1.53. The lowest BCUT2D eigenvalue weighted by Gasteiger charge is -2.01. The normalized spacial score (nSPS) is 12.6. The van der Waals surface area contributed by atoms with Gasteiger partial charge in [-0.05, 0) is 43.9 Å². The topological polar surface area (TPSA) is 17.1 Å². The second-order valence-electron chi connectivity index (χ2n) is 3.94. The highest BCUT2D eigenvalue weighted by Gasteiger charge is 1.93. The van der Waals surface area contributed by atoms with Crippen molar-refractivity contribution in [1.82, 2.24) is 0 Å². The molecule has 0 bridgehead atoms. The Hall–Kier alpha value is -1.63. The average Bonchev–Trinajstić information content (AvgIpc) is 2.30. The third-order valence-corrected chi connectivity index (χ3v) is 2.57. The van der Waals surface area contributed by atoms with Crippen molar-refractivity contribution in [3.8, 4) is 0 Å². The first-order chi connectivity index (χ1) is 7.74. The van der Waals surface area contributed by atoms with Gasteiger partial charge in [-0.25, -0.2) is 0 Å². The molecule has 0 saturated heterocycles. The Morgan fingerprint density at radius 3 is 2.50 bits per heavy atom. The van der Waals surface area contributed by atoms with Gasteiger partial charge in [0.1, 0.15) is 6.29 Å². The van der Waals surface area contributed by atoms with Gasteiger partial charge in [-0.3, -0.25) is 4.79 Å². The zero-order chi connectivity index (χ0) is 11.8. The lowest BCUT2D eigenvalue weighted by molar-refractivity contribution is -0.104. The first-order valence-corrected chi connectivity index (χ1v) is 5.57. The van der Waals surface area contributed by atoms with Crippen LogP contribution in [0.4, 0.5) is 0 Å². The van der Waals surface area contributed by atoms with Crippen LogP contribution < -0.4 is 0 Å². The van der Waals surface area contributed by atoms with E-state index in [1.807, 2.05) is 25.1 Å². The van der Waals surface area contributed by atoms with E-state index >= 15 is 0 Å². The summed E-state index contributed by atoms with van der Waals surface area (Å²) in [6.07, 6.45) is 6.63. The van der Waals surface area contributed by atoms with Gasteiger partial charge in [0.2, 0.25) is 0 Å². The van der Waals surface area contributed by atoms with E-state index in [0.29, 0.717) is 0 Å². The zero-order valence-corrected chi connectivity index (χ0v) is 9.94. The van der Waals surface area contributed by atoms with Gasteiger partial charge in [-0.15, -0.1) is 0 Å². The standard InChI is InChI=1S/C15H18O/c1-13(11-12-16)7-6-8-14(2)15-9-4-3-5-10-15/h3-5,8-12H,6-7H2,1-2H3/b13-11+,14-8-. The van der Waals surface area contributed by atoms with Crippen LogP contribution in [0.25, 0.3) is 5.57 Å². The molecule has 1 nitrogen and oxygen atoms in total. The van der Waals surface area contributed by atoms with Crippen molar-refractivity contribution >= 4 is 11.9 Å². The summed E-state index contributed by atoms with van der Waals surface area (Å²) in [6.45, 7) is 4.11. The van der Waals surface area contributed by atoms with Gasteiger partial charge in [0, 0.05) is 0 Å². The Balaban J connectivity index is 2.52. The fourth-order valence-electron chi connectivity index (χ4n) is 1.53. The first-order valence-electron chi connectivity index (χ1n) is 5.57. The van der Waals surface area contributed by atoms with E-state index in [2.05, 4.69) is 25.1 Å². The van der Waals surface area contributed by atoms with Crippen molar-refractivity contribution in [3.05, 3.63) is 53.6 Å². The van der Waals surface area contributed by atoms with Gasteiger partial charge in [0.05, 0.1) is 0 Å². The second-order valence-corrected chi connectivity index (χ2v) is 3.94. The van der Waals surface area contributed by atoms with E-state index in [9.17, 15) is 4.79 Å². The highest BCUT2D eigenvalue weighted by molar-refractivity contribution is 5.66. The molecule has 1 heteroatoms. The van der Waals surface area contributed by atoms with Crippen LogP contribution in [0.15, 0.2) is 48.1 Å². The number of carbonyl (C=O) groups is 1. The molecule has 0 N–H and O–H groups in total. The molecule has 0 aromatic heterocycles. The van der Waals surface area contributed by atoms with Crippen LogP contribution in [0, 0.1) is 0 Å². The van der Waals surface area contributed by atoms with Crippen molar-refractivity contribution in [2.45, 2.75) is 26.7 Å². The summed E-state index contributed by atoms with van der Waals surface area (Å²) in [5, 5.41) is 0. The summed E-state index contributed by atoms with van der Waals surface area (Å²) in [4.78, 5) is 10.2. The van der Waals surface area contributed by atoms with E-state index in [1.54, 1.807) is 6.08 Å². The van der Waals surface area contributed by atoms with Crippen LogP contribution in [-0.2, 0) is 4.79 Å². The minimum Gasteiger partial charge on any atom is -0.299 e. The molecular weight excluding hydrogens is 196 g/mol. The number of allylic oxidation sites excluding steroid dienone is 4. The molecule has 0 saturated carbocycles. The predicted molar refractivity (Wildman–Crippen MR) is 69.1 cm³/mol. The average molecular weight is 214 g/mol. The third-order valence-electron chi connectivity index (χ3n) is 2.57. The van der Waals surface area contributed by atoms with Gasteiger partial charge in [0.25, 0.3) is 0 Å². The number of carbonyl (C=O) groups excluding carboxylic acids is 1. The van der Waals surface area contributed by atoms with Crippen molar-refractivity contribution in [1.29, 1.82) is 0 Å². The summed E-state index contributed by atoms with van der Waals surface area (Å²) in [7, 11) is 0. The quantitative estimate of drug-likeness (QED) is 0.534. The molecule has 0 aliphatic heterocycles. The van der Waals surface area contributed by atoms with Crippen molar-refractivity contribution in [2.24, 2.45) is 0 Å². The van der Waals surface area contributed by atoms with Gasteiger partial charge in [0.15, 0.2) is 0 Å². The van der Waals surface area contributed by atoms with Crippen LogP contribution in [0.5, 0.6) is 0 Å². The molecule has 1 aromatic carbocycles. The molecule has 0 amide bonds. The maximum absolute atomic E-state index is 10.2. The maximum Gasteiger partial charge on any atom is 0.142 e. The minimum atomic E-state index is 0.850. The van der Waals surface area contributed by atoms with E-state index < -0.39 is 0 Å². The van der Waals surface area contributed by atoms with E-state index in [4.69, 9.17) is 0 Å². The van der Waals surface area contributed by atoms with Crippen LogP contribution >= 0.6 is 0 Å². The highest BCUT2D eigenvalue weighted by atomic mass is 16.1. The number of hydrogen-bond donors (Lipinski definition) is 0. The molecule has 0 radical (unpaired) electrons. The van der Waals surface area contributed by atoms with E-state index in [0.717, 1.165) is 24.7 Å². The van der Waals surface area contributed by atoms with Crippen molar-refractivity contribution in [2.75, 3.05) is 0 Å². The zero-order valence-electron chi connectivity index (χ0n) is 9.94. The lowest BCUT2D eigenvalue weighted by Crippen LogP contribution is -1.81. The number of aldehydes is 1. The van der Waals surface area contributed by atoms with Gasteiger partial charge >= 0.3 is 0 Å². The van der Waals surface area contributed by atoms with Crippen molar-refractivity contribution < 1.29 is 4.79 Å². The van der Waals surface area contributed by atoms with E-state index in [1.165, 1.54) is 11.1 Å². The number of hydrogen-bond acceptors (Lipinski definition) is 1. The molecule has 0 spiro atoms. The Kier molecular flexibility index (Phi) is 5.27. The molecule has 0 heterocycles. The molecule has 16 heavy (non-hydrogen) atoms. The number of rotatable bonds is 5. The smallest absolute Gasteiger partial charge is 0.142 e. The maximum atomic E-state index is 10.2. The molecule has 0 aliphatic rings. The molecule has 1 rings (SSSR count). The number of benzene rings is 1. The highest BCUT2D eigenvalue weighted by Crippen LogP contribution is 2.15. The minimum absolute atomic E-state index is 0.850. The molecule has 0 aliphatic carbocycles. The molecular formula is C15H18O. The summed E-state index contributed by atoms with van der Waals surface area (Å²) in [5.41, 5.74) is 3.69. The predicted octanol–water partition coefficient (Wildman–Crippen LogP) is 4.02. The van der Waals surface area contributed by atoms with Gasteiger partial charge < -0.3 is 0 Å². The summed E-state index contributed by atoms with van der Waals surface area (Å²) in [5.74, 6) is 0. The molecule has 84 valence electrons. The van der Waals surface area contributed by atoms with Gasteiger partial charge in [-0.1, -0.05) is 42.0 Å². The van der Waals surface area contributed by atoms with Crippen LogP contribution in [0.3, 0.4) is 0 Å². The Morgan fingerprint density at radius 2 is 1.88 bits per heavy atom. The largest absolute Gasteiger partial charge is 0.299 e. The molecule has 0 fully saturated rings. The van der Waals surface area contributed by atoms with Crippen molar-refractivity contribution in [3.63, 3.8) is 0 Å². The molecule has 0 unspecified atom stereocenters. The first kappa shape index (κ1) is 12.4. The summed E-state index contributed by atoms with van der Waals surface area (Å²) < 4.78 is 0.